The van der Waals surface area contributed by atoms with Gasteiger partial charge in [0.15, 0.2) is 17.3 Å². The van der Waals surface area contributed by atoms with Gasteiger partial charge in [0, 0.05) is 11.8 Å². The van der Waals surface area contributed by atoms with E-state index in [2.05, 4.69) is 16.7 Å². The Labute approximate surface area is 218 Å². The smallest absolute Gasteiger partial charge is 0.283 e. The van der Waals surface area contributed by atoms with Crippen molar-refractivity contribution in [3.05, 3.63) is 71.8 Å². The molecule has 0 fully saturated rings. The summed E-state index contributed by atoms with van der Waals surface area (Å²) in [6, 6.07) is 12.9. The van der Waals surface area contributed by atoms with Crippen LogP contribution in [-0.2, 0) is 21.1 Å². The van der Waals surface area contributed by atoms with Gasteiger partial charge in [-0.3, -0.25) is 10.2 Å². The number of nitrogens with one attached hydrogen (secondary N) is 1. The third-order valence-electron chi connectivity index (χ3n) is 5.14. The predicted molar refractivity (Wildman–Crippen MR) is 144 cm³/mol. The van der Waals surface area contributed by atoms with Gasteiger partial charge in [-0.1, -0.05) is 24.3 Å². The van der Waals surface area contributed by atoms with Gasteiger partial charge in [0.25, 0.3) is 5.91 Å². The summed E-state index contributed by atoms with van der Waals surface area (Å²) < 4.78 is 40.7. The van der Waals surface area contributed by atoms with E-state index >= 15 is 0 Å². The Morgan fingerprint density at radius 3 is 2.57 bits per heavy atom. The number of ether oxygens (including phenoxy) is 3. The zero-order valence-corrected chi connectivity index (χ0v) is 21.8. The number of aliphatic imine (C=N–C) groups is 1. The van der Waals surface area contributed by atoms with Gasteiger partial charge >= 0.3 is 0 Å². The van der Waals surface area contributed by atoms with E-state index in [-0.39, 0.29) is 27.6 Å². The van der Waals surface area contributed by atoms with Crippen LogP contribution < -0.4 is 14.2 Å². The van der Waals surface area contributed by atoms with E-state index in [1.807, 2.05) is 30.3 Å². The van der Waals surface area contributed by atoms with Crippen LogP contribution >= 0.6 is 11.8 Å². The first-order chi connectivity index (χ1) is 17.7. The zero-order chi connectivity index (χ0) is 26.6. The molecule has 0 aliphatic carbocycles. The molecule has 192 valence electrons. The molecule has 0 saturated heterocycles. The highest BCUT2D eigenvalue weighted by Crippen LogP contribution is 2.35. The molecule has 0 spiro atoms. The predicted octanol–water partition coefficient (Wildman–Crippen LogP) is 3.50. The lowest BCUT2D eigenvalue weighted by atomic mass is 10.0. The molecule has 10 nitrogen and oxygen atoms in total. The molecule has 0 radical (unpaired) electrons. The number of para-hydroxylation sites is 1. The number of carbonyl (C=O) groups excluding carboxylic acids is 1. The van der Waals surface area contributed by atoms with Gasteiger partial charge in [-0.2, -0.15) is 10.0 Å². The molecule has 2 aromatic rings. The molecule has 1 N–H and O–H groups in total. The van der Waals surface area contributed by atoms with Crippen molar-refractivity contribution in [3.63, 3.8) is 0 Å². The van der Waals surface area contributed by atoms with Gasteiger partial charge in [-0.25, -0.2) is 8.42 Å². The van der Waals surface area contributed by atoms with E-state index in [1.165, 1.54) is 13.2 Å². The molecule has 37 heavy (non-hydrogen) atoms. The molecule has 0 saturated carbocycles. The molecule has 2 aromatic carbocycles. The van der Waals surface area contributed by atoms with Crippen LogP contribution in [0.15, 0.2) is 70.8 Å². The van der Waals surface area contributed by atoms with Crippen LogP contribution in [0, 0.1) is 5.41 Å². The number of benzene rings is 2. The van der Waals surface area contributed by atoms with Crippen LogP contribution in [-0.4, -0.2) is 61.3 Å². The number of carbonyl (C=O) groups is 1. The van der Waals surface area contributed by atoms with E-state index in [9.17, 15) is 13.2 Å². The Morgan fingerprint density at radius 2 is 1.89 bits per heavy atom. The van der Waals surface area contributed by atoms with Crippen molar-refractivity contribution in [1.29, 1.82) is 5.41 Å². The number of hydrazone groups is 1. The third kappa shape index (κ3) is 5.92. The number of allylic oxidation sites excluding steroid dienone is 1. The molecule has 0 aromatic heterocycles. The number of sulfone groups is 1. The summed E-state index contributed by atoms with van der Waals surface area (Å²) in [5.41, 5.74) is 1.28. The average molecular weight is 541 g/mol. The minimum absolute atomic E-state index is 0.0268. The average Bonchev–Trinajstić information content (AvgIpc) is 3.31. The largest absolute Gasteiger partial charge is 0.493 e. The maximum absolute atomic E-state index is 12.7. The lowest BCUT2D eigenvalue weighted by Crippen LogP contribution is -2.35. The van der Waals surface area contributed by atoms with E-state index in [4.69, 9.17) is 19.6 Å². The molecular formula is C25H24N4O6S2. The topological polar surface area (TPSA) is 131 Å². The van der Waals surface area contributed by atoms with E-state index < -0.39 is 15.7 Å². The number of methoxy groups -OCH3 is 1. The van der Waals surface area contributed by atoms with Crippen LogP contribution in [0.4, 0.5) is 0 Å². The summed E-state index contributed by atoms with van der Waals surface area (Å²) in [5, 5.41) is 13.5. The number of thioether (sulfide) groups is 1. The first-order valence-electron chi connectivity index (χ1n) is 11.0. The highest BCUT2D eigenvalue weighted by Gasteiger charge is 2.38. The van der Waals surface area contributed by atoms with Gasteiger partial charge in [0.05, 0.1) is 12.7 Å². The summed E-state index contributed by atoms with van der Waals surface area (Å²) in [7, 11) is -2.11. The minimum atomic E-state index is -3.62. The fourth-order valence-corrected chi connectivity index (χ4v) is 5.19. The first kappa shape index (κ1) is 26.2. The number of amidine groups is 2. The minimum Gasteiger partial charge on any atom is -0.493 e. The Kier molecular flexibility index (Phi) is 7.79. The number of nitrogens with zero attached hydrogens (tertiary/aromatic N) is 3. The second-order valence-electron chi connectivity index (χ2n) is 7.87. The molecular weight excluding hydrogens is 516 g/mol. The van der Waals surface area contributed by atoms with Crippen molar-refractivity contribution in [2.45, 2.75) is 6.42 Å². The van der Waals surface area contributed by atoms with Gasteiger partial charge < -0.3 is 14.2 Å². The molecule has 0 atom stereocenters. The summed E-state index contributed by atoms with van der Waals surface area (Å²) >= 11 is 0.734. The number of amides is 1. The van der Waals surface area contributed by atoms with Gasteiger partial charge in [-0.05, 0) is 54.1 Å². The molecule has 2 aliphatic rings. The Hall–Kier alpha value is -3.90. The highest BCUT2D eigenvalue weighted by molar-refractivity contribution is 8.42. The summed E-state index contributed by atoms with van der Waals surface area (Å²) in [6.45, 7) is 4.40. The van der Waals surface area contributed by atoms with Crippen LogP contribution in [0.3, 0.4) is 0 Å². The first-order valence-corrected chi connectivity index (χ1v) is 13.7. The molecule has 1 amide bonds. The monoisotopic (exact) mass is 540 g/mol. The number of rotatable bonds is 9. The summed E-state index contributed by atoms with van der Waals surface area (Å²) in [6.07, 6.45) is 4.67. The molecule has 12 heteroatoms. The highest BCUT2D eigenvalue weighted by atomic mass is 32.3. The van der Waals surface area contributed by atoms with Crippen molar-refractivity contribution < 1.29 is 27.4 Å². The zero-order valence-electron chi connectivity index (χ0n) is 20.1. The SMILES string of the molecule is C=CCc1cc(/C=C2/C(=N)N3N=C(S(C)(=O)=O)SC3=NC2=O)cc(OC)c1OCCOc1ccccc1. The van der Waals surface area contributed by atoms with Gasteiger partial charge in [0.1, 0.15) is 19.0 Å². The van der Waals surface area contributed by atoms with Gasteiger partial charge in [0.2, 0.25) is 19.4 Å². The van der Waals surface area contributed by atoms with Crippen molar-refractivity contribution in [2.75, 3.05) is 26.6 Å². The standard InChI is InChI=1S/C25H24N4O6S2/c1-4-8-17-13-16(15-20(33-2)21(17)35-12-11-34-18-9-6-5-7-10-18)14-19-22(26)29-24(27-23(19)30)36-25(28-29)37(3,31)32/h4-7,9-10,13-15,26H,1,8,11-12H2,2-3H3/b19-14-,26-22?. The van der Waals surface area contributed by atoms with Crippen molar-refractivity contribution in [1.82, 2.24) is 5.01 Å². The molecule has 4 rings (SSSR count). The maximum atomic E-state index is 12.7. The third-order valence-corrected chi connectivity index (χ3v) is 7.72. The normalized spacial score (nSPS) is 16.3. The van der Waals surface area contributed by atoms with Crippen molar-refractivity contribution in [2.24, 2.45) is 10.1 Å². The number of fused-ring (bicyclic) bond motifs is 1. The summed E-state index contributed by atoms with van der Waals surface area (Å²) in [4.78, 5) is 16.6. The lowest BCUT2D eigenvalue weighted by molar-refractivity contribution is -0.114. The van der Waals surface area contributed by atoms with E-state index in [0.29, 0.717) is 30.1 Å². The van der Waals surface area contributed by atoms with Gasteiger partial charge in [-0.15, -0.1) is 11.7 Å². The fraction of sp³-hybridized carbons (Fsp3) is 0.200. The molecule has 0 bridgehead atoms. The van der Waals surface area contributed by atoms with Crippen LogP contribution in [0.2, 0.25) is 0 Å². The Bertz CT molecular complexity index is 1450. The van der Waals surface area contributed by atoms with Crippen LogP contribution in [0.1, 0.15) is 11.1 Å². The summed E-state index contributed by atoms with van der Waals surface area (Å²) in [5.74, 6) is 0.741. The second kappa shape index (κ2) is 11.0. The Morgan fingerprint density at radius 1 is 1.16 bits per heavy atom. The molecule has 2 heterocycles. The molecule has 2 aliphatic heterocycles. The number of hydrogen-bond donors (Lipinski definition) is 1. The van der Waals surface area contributed by atoms with Crippen LogP contribution in [0.5, 0.6) is 17.2 Å². The quantitative estimate of drug-likeness (QED) is 0.291. The van der Waals surface area contributed by atoms with Crippen molar-refractivity contribution >= 4 is 49.0 Å². The van der Waals surface area contributed by atoms with E-state index in [1.54, 1.807) is 18.2 Å². The number of hydrogen-bond acceptors (Lipinski definition) is 9. The maximum Gasteiger partial charge on any atom is 0.283 e. The Balaban J connectivity index is 1.59. The molecule has 0 unspecified atom stereocenters. The van der Waals surface area contributed by atoms with Crippen LogP contribution in [0.25, 0.3) is 6.08 Å². The lowest BCUT2D eigenvalue weighted by Gasteiger charge is -2.20. The second-order valence-corrected chi connectivity index (χ2v) is 11.0. The van der Waals surface area contributed by atoms with Crippen molar-refractivity contribution in [3.8, 4) is 17.2 Å². The van der Waals surface area contributed by atoms with E-state index in [0.717, 1.165) is 34.3 Å². The fourth-order valence-electron chi connectivity index (χ4n) is 3.50.